The van der Waals surface area contributed by atoms with Crippen LogP contribution in [0.15, 0.2) is 30.3 Å². The molecule has 0 amide bonds. The third-order valence-electron chi connectivity index (χ3n) is 2.33. The Morgan fingerprint density at radius 2 is 0.769 bits per heavy atom. The van der Waals surface area contributed by atoms with Gasteiger partial charge in [-0.1, -0.05) is 56.7 Å². The zero-order valence-electron chi connectivity index (χ0n) is 15.2. The SMILES string of the molecule is C[CH2][Al-]([Cl])([Cl])[Cl].C[CH2][Al-]([Cl])([Cl])[Cl].C[CH2][Al-]([Cl])([Cl])[Cl].Cc1ccccc1.[Pr+3]. The number of aryl methyl sites for hydroxylation is 1. The predicted molar refractivity (Wildman–Crippen MR) is 133 cm³/mol. The molecular weight excluding hydrogens is 697 g/mol. The molecule has 0 aliphatic carbocycles. The third kappa shape index (κ3) is 46.8. The van der Waals surface area contributed by atoms with Crippen molar-refractivity contribution >= 4 is 121 Å². The summed E-state index contributed by atoms with van der Waals surface area (Å²) < 4.78 is 0. The first-order valence-electron chi connectivity index (χ1n) is 7.72. The second kappa shape index (κ2) is 21.6. The molecule has 1 aromatic carbocycles. The first kappa shape index (κ1) is 38.1. The summed E-state index contributed by atoms with van der Waals surface area (Å²) in [5.41, 5.74) is 1.32. The Labute approximate surface area is 237 Å². The van der Waals surface area contributed by atoms with Crippen LogP contribution >= 0.6 is 90.4 Å². The molecule has 0 bridgehead atoms. The minimum absolute atomic E-state index is 0. The van der Waals surface area contributed by atoms with Gasteiger partial charge in [-0.25, -0.2) is 0 Å². The van der Waals surface area contributed by atoms with Crippen molar-refractivity contribution in [2.45, 2.75) is 43.5 Å². The standard InChI is InChI=1S/C7H8.3C2H5.3Al.9ClH.Pr/c1-7-5-3-2-4-6-7;3*1-2;;;;;;;;;;;;;/h2-6H,1H3;3*1H2,2H3;;;;9*1H;/q;;;;3*+2;;;;;;;;;;+3/p-9. The average molecular weight is 720 g/mol. The third-order valence-corrected chi connectivity index (χ3v) is 13.4. The summed E-state index contributed by atoms with van der Waals surface area (Å²) in [4.78, 5) is 0. The van der Waals surface area contributed by atoms with Crippen molar-refractivity contribution in [1.82, 2.24) is 0 Å². The van der Waals surface area contributed by atoms with E-state index < -0.39 is 30.9 Å². The molecule has 0 heterocycles. The Morgan fingerprint density at radius 1 is 0.577 bits per heavy atom. The van der Waals surface area contributed by atoms with Gasteiger partial charge >= 0.3 is 72.2 Å². The Bertz CT molecular complexity index is 373. The second-order valence-corrected chi connectivity index (χ2v) is 37.9. The summed E-state index contributed by atoms with van der Waals surface area (Å²) >= 11 is 0. The van der Waals surface area contributed by atoms with E-state index in [1.165, 1.54) is 5.56 Å². The van der Waals surface area contributed by atoms with Gasteiger partial charge in [0.05, 0.1) is 0 Å². The summed E-state index contributed by atoms with van der Waals surface area (Å²) in [6.45, 7) is 7.74. The van der Waals surface area contributed by atoms with Crippen molar-refractivity contribution in [3.8, 4) is 0 Å². The van der Waals surface area contributed by atoms with Crippen molar-refractivity contribution in [1.29, 1.82) is 0 Å². The van der Waals surface area contributed by atoms with E-state index in [0.717, 1.165) is 15.8 Å². The number of halogens is 9. The maximum Gasteiger partial charge on any atom is 3.00 e. The molecular formula is C13H23Al3Cl9Pr. The molecule has 0 fully saturated rings. The van der Waals surface area contributed by atoms with Crippen LogP contribution in [0.4, 0.5) is 0 Å². The normalized spacial score (nSPS) is 10.7. The molecule has 150 valence electrons. The van der Waals surface area contributed by atoms with Gasteiger partial charge in [-0.3, -0.25) is 0 Å². The predicted octanol–water partition coefficient (Wildman–Crippen LogP) is 9.98. The van der Waals surface area contributed by atoms with Gasteiger partial charge in [-0.05, 0) is 6.92 Å². The quantitative estimate of drug-likeness (QED) is 0.273. The summed E-state index contributed by atoms with van der Waals surface area (Å²) in [7, 11) is 41.4. The van der Waals surface area contributed by atoms with Crippen molar-refractivity contribution in [2.24, 2.45) is 0 Å². The van der Waals surface area contributed by atoms with Gasteiger partial charge in [0, 0.05) is 0 Å². The minimum atomic E-state index is -2.45. The maximum atomic E-state index is 5.42. The summed E-state index contributed by atoms with van der Waals surface area (Å²) in [5.74, 6) is 0. The second-order valence-electron chi connectivity index (χ2n) is 5.01. The van der Waals surface area contributed by atoms with E-state index in [9.17, 15) is 0 Å². The molecule has 0 saturated carbocycles. The monoisotopic (exact) mass is 716 g/mol. The smallest absolute Gasteiger partial charge is 0.407 e. The molecule has 0 N–H and O–H groups in total. The largest absolute Gasteiger partial charge is 3.00 e. The molecule has 0 radical (unpaired) electrons. The van der Waals surface area contributed by atoms with E-state index >= 15 is 0 Å². The molecule has 0 aliphatic rings. The Hall–Kier alpha value is 4.79. The van der Waals surface area contributed by atoms with Crippen LogP contribution < -0.4 is 0 Å². The molecule has 1 aromatic rings. The Kier molecular flexibility index (Phi) is 31.7. The number of hydrogen-bond donors (Lipinski definition) is 0. The van der Waals surface area contributed by atoms with E-state index in [-0.39, 0.29) is 41.3 Å². The summed E-state index contributed by atoms with van der Waals surface area (Å²) in [6.07, 6.45) is 0. The molecule has 0 spiro atoms. The molecule has 0 nitrogen and oxygen atoms in total. The van der Waals surface area contributed by atoms with Crippen LogP contribution in [0.2, 0.25) is 15.8 Å². The van der Waals surface area contributed by atoms with Crippen LogP contribution in [0.3, 0.4) is 0 Å². The molecule has 0 atom stereocenters. The van der Waals surface area contributed by atoms with Crippen molar-refractivity contribution in [3.63, 3.8) is 0 Å². The van der Waals surface area contributed by atoms with E-state index in [2.05, 4.69) is 19.1 Å². The first-order valence-corrected chi connectivity index (χ1v) is 25.9. The van der Waals surface area contributed by atoms with Gasteiger partial charge in [0.2, 0.25) is 0 Å². The fraction of sp³-hybridized carbons (Fsp3) is 0.538. The van der Waals surface area contributed by atoms with Crippen LogP contribution in [0.5, 0.6) is 0 Å². The summed E-state index contributed by atoms with van der Waals surface area (Å²) in [5, 5.41) is 2.20. The van der Waals surface area contributed by atoms with Gasteiger partial charge in [-0.2, -0.15) is 15.8 Å². The van der Waals surface area contributed by atoms with E-state index in [4.69, 9.17) is 90.4 Å². The van der Waals surface area contributed by atoms with Crippen molar-refractivity contribution in [2.75, 3.05) is 0 Å². The van der Waals surface area contributed by atoms with E-state index in [0.29, 0.717) is 0 Å². The fourth-order valence-corrected chi connectivity index (χ4v) is 0.534. The minimum Gasteiger partial charge on any atom is -0.407 e. The van der Waals surface area contributed by atoms with Gasteiger partial charge < -0.3 is 90.4 Å². The molecule has 0 unspecified atom stereocenters. The van der Waals surface area contributed by atoms with Crippen LogP contribution in [0.25, 0.3) is 0 Å². The number of hydrogen-bond acceptors (Lipinski definition) is 0. The fourth-order valence-electron chi connectivity index (χ4n) is 0.534. The number of benzene rings is 1. The van der Waals surface area contributed by atoms with Gasteiger partial charge in [0.15, 0.2) is 0 Å². The topological polar surface area (TPSA) is 0 Å². The number of rotatable bonds is 3. The van der Waals surface area contributed by atoms with Crippen LogP contribution in [0, 0.1) is 48.2 Å². The Morgan fingerprint density at radius 3 is 0.846 bits per heavy atom. The Balaban J connectivity index is -0.000000123. The first-order chi connectivity index (χ1) is 11.1. The average Bonchev–Trinajstić information content (AvgIpc) is 2.48. The van der Waals surface area contributed by atoms with Crippen LogP contribution in [-0.4, -0.2) is 30.9 Å². The maximum absolute atomic E-state index is 5.42. The van der Waals surface area contributed by atoms with Crippen molar-refractivity contribution in [3.05, 3.63) is 35.9 Å². The molecule has 13 heteroatoms. The van der Waals surface area contributed by atoms with Crippen LogP contribution in [-0.2, 0) is 0 Å². The zero-order chi connectivity index (χ0) is 20.7. The summed E-state index contributed by atoms with van der Waals surface area (Å²) in [6, 6.07) is 10.3. The van der Waals surface area contributed by atoms with Crippen molar-refractivity contribution < 1.29 is 41.3 Å². The van der Waals surface area contributed by atoms with E-state index in [1.807, 2.05) is 39.0 Å². The molecule has 0 aromatic heterocycles. The molecule has 0 saturated heterocycles. The molecule has 1 rings (SSSR count). The van der Waals surface area contributed by atoms with Gasteiger partial charge in [0.1, 0.15) is 0 Å². The van der Waals surface area contributed by atoms with Gasteiger partial charge in [-0.15, -0.1) is 0 Å². The van der Waals surface area contributed by atoms with Crippen LogP contribution in [0.1, 0.15) is 26.3 Å². The van der Waals surface area contributed by atoms with E-state index in [1.54, 1.807) is 0 Å². The molecule has 26 heavy (non-hydrogen) atoms. The molecule has 0 aliphatic heterocycles. The van der Waals surface area contributed by atoms with Gasteiger partial charge in [0.25, 0.3) is 0 Å². The zero-order valence-corrected chi connectivity index (χ0v) is 29.2.